The van der Waals surface area contributed by atoms with Gasteiger partial charge in [0.2, 0.25) is 5.91 Å². The third-order valence-corrected chi connectivity index (χ3v) is 6.84. The van der Waals surface area contributed by atoms with Crippen LogP contribution in [0.5, 0.6) is 0 Å². The van der Waals surface area contributed by atoms with Crippen molar-refractivity contribution in [3.05, 3.63) is 95.6 Å². The predicted octanol–water partition coefficient (Wildman–Crippen LogP) is 4.70. The number of hydrogen-bond donors (Lipinski definition) is 1. The van der Waals surface area contributed by atoms with Gasteiger partial charge in [0, 0.05) is 23.9 Å². The Balaban J connectivity index is 1.65. The van der Waals surface area contributed by atoms with E-state index < -0.39 is 17.8 Å². The summed E-state index contributed by atoms with van der Waals surface area (Å²) in [6.07, 6.45) is 8.94. The van der Waals surface area contributed by atoms with Gasteiger partial charge < -0.3 is 10.1 Å². The van der Waals surface area contributed by atoms with Crippen LogP contribution in [0.15, 0.2) is 73.1 Å². The number of amides is 2. The first-order chi connectivity index (χ1) is 17.9. The van der Waals surface area contributed by atoms with Gasteiger partial charge in [-0.15, -0.1) is 0 Å². The summed E-state index contributed by atoms with van der Waals surface area (Å²) in [5.41, 5.74) is 2.81. The molecule has 0 aliphatic heterocycles. The van der Waals surface area contributed by atoms with Crippen LogP contribution in [0.25, 0.3) is 0 Å². The summed E-state index contributed by atoms with van der Waals surface area (Å²) < 4.78 is 22.0. The highest BCUT2D eigenvalue weighted by atomic mass is 19.1. The smallest absolute Gasteiger partial charge is 0.254 e. The normalized spacial score (nSPS) is 14.7. The lowest BCUT2D eigenvalue weighted by Gasteiger charge is -2.34. The highest BCUT2D eigenvalue weighted by Crippen LogP contribution is 2.31. The maximum absolute atomic E-state index is 14.3. The number of carbonyl (C=O) groups is 2. The summed E-state index contributed by atoms with van der Waals surface area (Å²) in [7, 11) is 1.93. The second kappa shape index (κ2) is 12.6. The number of aromatic nitrogens is 1. The number of nitrogens with zero attached hydrogens (tertiary/aromatic N) is 2. The fourth-order valence-corrected chi connectivity index (χ4v) is 4.84. The van der Waals surface area contributed by atoms with Crippen LogP contribution < -0.4 is 14.8 Å². The molecule has 1 atom stereocenters. The number of pyridine rings is 1. The van der Waals surface area contributed by atoms with Crippen molar-refractivity contribution >= 4 is 17.5 Å². The van der Waals surface area contributed by atoms with Gasteiger partial charge >= 0.3 is 0 Å². The molecule has 1 N–H and O–H groups in total. The SMILES string of the molecule is Cc1ccccc1C(C(=O)NC1CCCCC1)N(C(=O)COCc1cc[n+](C)cc1)c1cccc(F)c1. The summed E-state index contributed by atoms with van der Waals surface area (Å²) in [6, 6.07) is 16.3. The standard InChI is InChI=1S/C30H34FN3O3/c1-22-9-6-7-14-27(22)29(30(36)32-25-11-4-3-5-12-25)34(26-13-8-10-24(31)19-26)28(35)21-37-20-23-15-17-33(2)18-16-23/h6-10,13-19,25,29H,3-5,11-12,20-21H2,1-2H3/p+1. The third kappa shape index (κ3) is 7.01. The molecule has 194 valence electrons. The van der Waals surface area contributed by atoms with Crippen molar-refractivity contribution < 1.29 is 23.3 Å². The molecule has 2 amide bonds. The Labute approximate surface area is 218 Å². The minimum atomic E-state index is -0.961. The Bertz CT molecular complexity index is 1210. The van der Waals surface area contributed by atoms with Crippen molar-refractivity contribution in [2.45, 2.75) is 57.7 Å². The van der Waals surface area contributed by atoms with Gasteiger partial charge in [0.15, 0.2) is 12.4 Å². The van der Waals surface area contributed by atoms with Crippen LogP contribution in [0.3, 0.4) is 0 Å². The third-order valence-electron chi connectivity index (χ3n) is 6.84. The van der Waals surface area contributed by atoms with Crippen LogP contribution in [0.4, 0.5) is 10.1 Å². The Morgan fingerprint density at radius 3 is 2.49 bits per heavy atom. The van der Waals surface area contributed by atoms with Crippen molar-refractivity contribution in [2.75, 3.05) is 11.5 Å². The van der Waals surface area contributed by atoms with E-state index in [0.29, 0.717) is 11.3 Å². The van der Waals surface area contributed by atoms with Gasteiger partial charge in [-0.25, -0.2) is 8.96 Å². The molecule has 1 aliphatic carbocycles. The topological polar surface area (TPSA) is 62.5 Å². The van der Waals surface area contributed by atoms with Crippen LogP contribution in [-0.2, 0) is 28.0 Å². The largest absolute Gasteiger partial charge is 0.367 e. The van der Waals surface area contributed by atoms with E-state index in [9.17, 15) is 14.0 Å². The molecule has 3 aromatic rings. The molecule has 1 aliphatic rings. The van der Waals surface area contributed by atoms with Crippen LogP contribution >= 0.6 is 0 Å². The quantitative estimate of drug-likeness (QED) is 0.430. The number of rotatable bonds is 9. The Hall–Kier alpha value is -3.58. The molecule has 37 heavy (non-hydrogen) atoms. The van der Waals surface area contributed by atoms with Crippen LogP contribution in [0, 0.1) is 12.7 Å². The number of carbonyl (C=O) groups excluding carboxylic acids is 2. The van der Waals surface area contributed by atoms with Crippen LogP contribution in [0.2, 0.25) is 0 Å². The van der Waals surface area contributed by atoms with E-state index >= 15 is 0 Å². The summed E-state index contributed by atoms with van der Waals surface area (Å²) in [4.78, 5) is 29.0. The van der Waals surface area contributed by atoms with Gasteiger partial charge in [-0.3, -0.25) is 14.5 Å². The average Bonchev–Trinajstić information content (AvgIpc) is 2.89. The molecule has 0 radical (unpaired) electrons. The number of anilines is 1. The zero-order valence-corrected chi connectivity index (χ0v) is 21.5. The minimum Gasteiger partial charge on any atom is -0.367 e. The lowest BCUT2D eigenvalue weighted by atomic mass is 9.93. The highest BCUT2D eigenvalue weighted by Gasteiger charge is 2.35. The monoisotopic (exact) mass is 504 g/mol. The molecule has 4 rings (SSSR count). The number of nitrogens with one attached hydrogen (secondary N) is 1. The Kier molecular flexibility index (Phi) is 9.01. The molecule has 6 nitrogen and oxygen atoms in total. The maximum atomic E-state index is 14.3. The molecule has 1 aromatic heterocycles. The molecule has 7 heteroatoms. The van der Waals surface area contributed by atoms with E-state index in [-0.39, 0.29) is 25.2 Å². The summed E-state index contributed by atoms with van der Waals surface area (Å²) in [5.74, 6) is -1.17. The molecule has 1 fully saturated rings. The highest BCUT2D eigenvalue weighted by molar-refractivity contribution is 6.02. The first kappa shape index (κ1) is 26.5. The number of benzene rings is 2. The summed E-state index contributed by atoms with van der Waals surface area (Å²) >= 11 is 0. The molecule has 2 aromatic carbocycles. The van der Waals surface area contributed by atoms with Gasteiger partial charge in [-0.2, -0.15) is 0 Å². The van der Waals surface area contributed by atoms with Crippen LogP contribution in [-0.4, -0.2) is 24.5 Å². The first-order valence-corrected chi connectivity index (χ1v) is 12.9. The number of halogens is 1. The number of hydrogen-bond acceptors (Lipinski definition) is 3. The molecule has 0 bridgehead atoms. The summed E-state index contributed by atoms with van der Waals surface area (Å²) in [6.45, 7) is 1.90. The number of aryl methyl sites for hydroxylation is 2. The lowest BCUT2D eigenvalue weighted by molar-refractivity contribution is -0.671. The molecule has 0 spiro atoms. The number of ether oxygens (including phenoxy) is 1. The molecule has 1 unspecified atom stereocenters. The first-order valence-electron chi connectivity index (χ1n) is 12.9. The van der Waals surface area contributed by atoms with E-state index in [1.807, 2.05) is 67.3 Å². The average molecular weight is 505 g/mol. The van der Waals surface area contributed by atoms with Gasteiger partial charge in [0.25, 0.3) is 5.91 Å². The zero-order chi connectivity index (χ0) is 26.2. The van der Waals surface area contributed by atoms with Gasteiger partial charge in [-0.1, -0.05) is 49.6 Å². The molecular weight excluding hydrogens is 469 g/mol. The Morgan fingerprint density at radius 2 is 1.78 bits per heavy atom. The second-order valence-electron chi connectivity index (χ2n) is 9.71. The van der Waals surface area contributed by atoms with Gasteiger partial charge in [-0.05, 0) is 54.7 Å². The van der Waals surface area contributed by atoms with E-state index in [1.54, 1.807) is 12.1 Å². The molecule has 0 saturated heterocycles. The predicted molar refractivity (Wildman–Crippen MR) is 140 cm³/mol. The van der Waals surface area contributed by atoms with Gasteiger partial charge in [0.05, 0.1) is 6.61 Å². The van der Waals surface area contributed by atoms with Crippen molar-refractivity contribution in [2.24, 2.45) is 7.05 Å². The van der Waals surface area contributed by atoms with E-state index in [0.717, 1.165) is 36.8 Å². The van der Waals surface area contributed by atoms with E-state index in [2.05, 4.69) is 5.32 Å². The minimum absolute atomic E-state index is 0.0629. The van der Waals surface area contributed by atoms with E-state index in [4.69, 9.17) is 4.74 Å². The maximum Gasteiger partial charge on any atom is 0.254 e. The van der Waals surface area contributed by atoms with Crippen molar-refractivity contribution in [1.82, 2.24) is 5.32 Å². The van der Waals surface area contributed by atoms with Crippen LogP contribution in [0.1, 0.15) is 54.8 Å². The van der Waals surface area contributed by atoms with Crippen molar-refractivity contribution in [3.63, 3.8) is 0 Å². The second-order valence-corrected chi connectivity index (χ2v) is 9.71. The fraction of sp³-hybridized carbons (Fsp3) is 0.367. The van der Waals surface area contributed by atoms with Crippen molar-refractivity contribution in [1.29, 1.82) is 0 Å². The van der Waals surface area contributed by atoms with Crippen molar-refractivity contribution in [3.8, 4) is 0 Å². The lowest BCUT2D eigenvalue weighted by Crippen LogP contribution is -2.48. The Morgan fingerprint density at radius 1 is 1.05 bits per heavy atom. The zero-order valence-electron chi connectivity index (χ0n) is 21.5. The fourth-order valence-electron chi connectivity index (χ4n) is 4.84. The molecular formula is C30H35FN3O3+. The van der Waals surface area contributed by atoms with E-state index in [1.165, 1.54) is 23.5 Å². The molecule has 1 saturated carbocycles. The molecule has 1 heterocycles. The van der Waals surface area contributed by atoms with Gasteiger partial charge in [0.1, 0.15) is 25.5 Å². The summed E-state index contributed by atoms with van der Waals surface area (Å²) in [5, 5.41) is 3.18.